The Morgan fingerprint density at radius 2 is 2.05 bits per heavy atom. The molecule has 0 aromatic carbocycles. The molecule has 0 amide bonds. The lowest BCUT2D eigenvalue weighted by Crippen LogP contribution is -2.26. The molecule has 0 radical (unpaired) electrons. The predicted molar refractivity (Wildman–Crippen MR) is 82.0 cm³/mol. The summed E-state index contributed by atoms with van der Waals surface area (Å²) in [5, 5.41) is 8.07. The summed E-state index contributed by atoms with van der Waals surface area (Å²) in [6.45, 7) is 4.34. The molecule has 0 spiro atoms. The van der Waals surface area contributed by atoms with Crippen molar-refractivity contribution >= 4 is 11.6 Å². The van der Waals surface area contributed by atoms with Gasteiger partial charge in [-0.3, -0.25) is 0 Å². The minimum atomic E-state index is 0.542. The molecule has 4 nitrogen and oxygen atoms in total. The molecule has 2 aromatic heterocycles. The topological polar surface area (TPSA) is 42.2 Å². The van der Waals surface area contributed by atoms with Gasteiger partial charge in [0.1, 0.15) is 0 Å². The molecule has 0 saturated heterocycles. The molecule has 3 rings (SSSR count). The Morgan fingerprint density at radius 1 is 1.25 bits per heavy atom. The fourth-order valence-corrected chi connectivity index (χ4v) is 3.28. The molecule has 1 aliphatic carbocycles. The standard InChI is InChI=1S/C16H24N4/c1-3-5-13-8-10-14(11-9-13)17-16-18-15-7-4-6-12(2)20(15)19-16/h4,6-7,13-14H,3,5,8-11H2,1-2H3,(H,17,19). The first-order valence-corrected chi connectivity index (χ1v) is 7.85. The number of nitrogens with zero attached hydrogens (tertiary/aromatic N) is 3. The maximum absolute atomic E-state index is 4.56. The molecule has 1 aliphatic rings. The van der Waals surface area contributed by atoms with Crippen molar-refractivity contribution in [2.24, 2.45) is 5.92 Å². The third kappa shape index (κ3) is 2.79. The molecular formula is C16H24N4. The quantitative estimate of drug-likeness (QED) is 0.920. The number of aryl methyl sites for hydroxylation is 1. The van der Waals surface area contributed by atoms with Crippen LogP contribution in [0.1, 0.15) is 51.1 Å². The molecule has 0 unspecified atom stereocenters. The number of rotatable bonds is 4. The van der Waals surface area contributed by atoms with E-state index in [9.17, 15) is 0 Å². The van der Waals surface area contributed by atoms with Gasteiger partial charge in [-0.05, 0) is 50.7 Å². The van der Waals surface area contributed by atoms with Gasteiger partial charge in [-0.1, -0.05) is 25.8 Å². The average molecular weight is 272 g/mol. The Hall–Kier alpha value is -1.58. The Morgan fingerprint density at radius 3 is 2.75 bits per heavy atom. The van der Waals surface area contributed by atoms with Gasteiger partial charge in [0, 0.05) is 11.7 Å². The smallest absolute Gasteiger partial charge is 0.243 e. The van der Waals surface area contributed by atoms with Gasteiger partial charge in [-0.25, -0.2) is 4.52 Å². The Labute approximate surface area is 120 Å². The monoisotopic (exact) mass is 272 g/mol. The zero-order chi connectivity index (χ0) is 13.9. The number of nitrogens with one attached hydrogen (secondary N) is 1. The second-order valence-corrected chi connectivity index (χ2v) is 6.02. The highest BCUT2D eigenvalue weighted by atomic mass is 15.4. The van der Waals surface area contributed by atoms with Gasteiger partial charge < -0.3 is 5.32 Å². The van der Waals surface area contributed by atoms with Gasteiger partial charge in [0.25, 0.3) is 0 Å². The number of aromatic nitrogens is 3. The van der Waals surface area contributed by atoms with Gasteiger partial charge in [0.2, 0.25) is 5.95 Å². The molecule has 108 valence electrons. The summed E-state index contributed by atoms with van der Waals surface area (Å²) in [5.41, 5.74) is 2.04. The first kappa shape index (κ1) is 13.4. The second-order valence-electron chi connectivity index (χ2n) is 6.02. The molecular weight excluding hydrogens is 248 g/mol. The first-order chi connectivity index (χ1) is 9.76. The summed E-state index contributed by atoms with van der Waals surface area (Å²) in [6.07, 6.45) is 7.89. The summed E-state index contributed by atoms with van der Waals surface area (Å²) >= 11 is 0. The lowest BCUT2D eigenvalue weighted by molar-refractivity contribution is 0.318. The molecule has 0 atom stereocenters. The SMILES string of the molecule is CCCC1CCC(Nc2nc3cccc(C)n3n2)CC1. The van der Waals surface area contributed by atoms with Crippen molar-refractivity contribution in [2.45, 2.75) is 58.4 Å². The number of hydrogen-bond donors (Lipinski definition) is 1. The third-order valence-electron chi connectivity index (χ3n) is 4.43. The van der Waals surface area contributed by atoms with E-state index in [0.29, 0.717) is 6.04 Å². The van der Waals surface area contributed by atoms with E-state index >= 15 is 0 Å². The van der Waals surface area contributed by atoms with Crippen LogP contribution in [0.15, 0.2) is 18.2 Å². The van der Waals surface area contributed by atoms with Crippen LogP contribution in [0.5, 0.6) is 0 Å². The van der Waals surface area contributed by atoms with Crippen molar-refractivity contribution in [3.63, 3.8) is 0 Å². The zero-order valence-corrected chi connectivity index (χ0v) is 12.5. The largest absolute Gasteiger partial charge is 0.350 e. The lowest BCUT2D eigenvalue weighted by atomic mass is 9.83. The Balaban J connectivity index is 1.64. The van der Waals surface area contributed by atoms with E-state index < -0.39 is 0 Å². The highest BCUT2D eigenvalue weighted by Crippen LogP contribution is 2.29. The molecule has 4 heteroatoms. The van der Waals surface area contributed by atoms with Gasteiger partial charge in [0.15, 0.2) is 5.65 Å². The van der Waals surface area contributed by atoms with Crippen molar-refractivity contribution in [1.29, 1.82) is 0 Å². The van der Waals surface area contributed by atoms with E-state index in [1.54, 1.807) is 0 Å². The predicted octanol–water partition coefficient (Wildman–Crippen LogP) is 3.81. The van der Waals surface area contributed by atoms with Crippen LogP contribution < -0.4 is 5.32 Å². The summed E-state index contributed by atoms with van der Waals surface area (Å²) in [5.74, 6) is 1.72. The van der Waals surface area contributed by atoms with E-state index in [0.717, 1.165) is 23.2 Å². The van der Waals surface area contributed by atoms with E-state index in [1.165, 1.54) is 38.5 Å². The van der Waals surface area contributed by atoms with Crippen LogP contribution in [0.2, 0.25) is 0 Å². The van der Waals surface area contributed by atoms with Crippen LogP contribution in [-0.4, -0.2) is 20.6 Å². The summed E-state index contributed by atoms with van der Waals surface area (Å²) in [4.78, 5) is 4.56. The first-order valence-electron chi connectivity index (χ1n) is 7.85. The normalized spacial score (nSPS) is 23.1. The number of pyridine rings is 1. The van der Waals surface area contributed by atoms with Crippen LogP contribution in [-0.2, 0) is 0 Å². The van der Waals surface area contributed by atoms with E-state index in [-0.39, 0.29) is 0 Å². The highest BCUT2D eigenvalue weighted by Gasteiger charge is 2.21. The summed E-state index contributed by atoms with van der Waals surface area (Å²) in [7, 11) is 0. The molecule has 20 heavy (non-hydrogen) atoms. The molecule has 0 bridgehead atoms. The van der Waals surface area contributed by atoms with Crippen molar-refractivity contribution < 1.29 is 0 Å². The lowest BCUT2D eigenvalue weighted by Gasteiger charge is -2.28. The molecule has 2 aromatic rings. The maximum atomic E-state index is 4.56. The van der Waals surface area contributed by atoms with E-state index in [4.69, 9.17) is 0 Å². The molecule has 1 N–H and O–H groups in total. The summed E-state index contributed by atoms with van der Waals surface area (Å²) in [6, 6.07) is 6.63. The van der Waals surface area contributed by atoms with Gasteiger partial charge in [-0.15, -0.1) is 5.10 Å². The van der Waals surface area contributed by atoms with E-state index in [2.05, 4.69) is 35.3 Å². The van der Waals surface area contributed by atoms with Crippen molar-refractivity contribution in [3.8, 4) is 0 Å². The summed E-state index contributed by atoms with van der Waals surface area (Å²) < 4.78 is 1.91. The minimum absolute atomic E-state index is 0.542. The molecule has 1 saturated carbocycles. The Kier molecular flexibility index (Phi) is 3.90. The van der Waals surface area contributed by atoms with Crippen LogP contribution in [0.25, 0.3) is 5.65 Å². The molecule has 1 fully saturated rings. The van der Waals surface area contributed by atoms with Gasteiger partial charge in [0.05, 0.1) is 0 Å². The van der Waals surface area contributed by atoms with Crippen LogP contribution in [0, 0.1) is 12.8 Å². The number of hydrogen-bond acceptors (Lipinski definition) is 3. The molecule has 0 aliphatic heterocycles. The zero-order valence-electron chi connectivity index (χ0n) is 12.5. The fraction of sp³-hybridized carbons (Fsp3) is 0.625. The third-order valence-corrected chi connectivity index (χ3v) is 4.43. The van der Waals surface area contributed by atoms with Crippen LogP contribution in [0.3, 0.4) is 0 Å². The average Bonchev–Trinajstić information content (AvgIpc) is 2.85. The number of anilines is 1. The van der Waals surface area contributed by atoms with Crippen LogP contribution in [0.4, 0.5) is 5.95 Å². The molecule has 2 heterocycles. The van der Waals surface area contributed by atoms with Crippen molar-refractivity contribution in [2.75, 3.05) is 5.32 Å². The van der Waals surface area contributed by atoms with Gasteiger partial charge in [-0.2, -0.15) is 4.98 Å². The van der Waals surface area contributed by atoms with Crippen LogP contribution >= 0.6 is 0 Å². The second kappa shape index (κ2) is 5.81. The highest BCUT2D eigenvalue weighted by molar-refractivity contribution is 5.44. The van der Waals surface area contributed by atoms with Crippen molar-refractivity contribution in [3.05, 3.63) is 23.9 Å². The fourth-order valence-electron chi connectivity index (χ4n) is 3.28. The van der Waals surface area contributed by atoms with Crippen molar-refractivity contribution in [1.82, 2.24) is 14.6 Å². The maximum Gasteiger partial charge on any atom is 0.243 e. The minimum Gasteiger partial charge on any atom is -0.350 e. The van der Waals surface area contributed by atoms with E-state index in [1.807, 2.05) is 16.6 Å². The number of fused-ring (bicyclic) bond motifs is 1. The Bertz CT molecular complexity index is 567. The van der Waals surface area contributed by atoms with Gasteiger partial charge >= 0.3 is 0 Å².